The van der Waals surface area contributed by atoms with E-state index in [0.29, 0.717) is 0 Å². The average molecular weight is 405 g/mol. The Kier molecular flexibility index (Phi) is 6.67. The van der Waals surface area contributed by atoms with Crippen LogP contribution in [-0.4, -0.2) is 28.3 Å². The van der Waals surface area contributed by atoms with Crippen molar-refractivity contribution in [1.29, 1.82) is 0 Å². The number of aromatic nitrogens is 2. The minimum absolute atomic E-state index is 0.0718. The van der Waals surface area contributed by atoms with Crippen molar-refractivity contribution in [3.05, 3.63) is 76.6 Å². The quantitative estimate of drug-likeness (QED) is 0.601. The van der Waals surface area contributed by atoms with Crippen molar-refractivity contribution < 1.29 is 14.3 Å². The zero-order chi connectivity index (χ0) is 21.7. The third kappa shape index (κ3) is 4.76. The molecule has 6 heteroatoms. The van der Waals surface area contributed by atoms with Crippen LogP contribution in [0.25, 0.3) is 5.69 Å². The summed E-state index contributed by atoms with van der Waals surface area (Å²) in [6, 6.07) is 15.6. The molecule has 0 bridgehead atoms. The number of para-hydroxylation sites is 2. The van der Waals surface area contributed by atoms with Crippen molar-refractivity contribution in [2.45, 2.75) is 40.5 Å². The van der Waals surface area contributed by atoms with Crippen LogP contribution in [0.1, 0.15) is 35.0 Å². The van der Waals surface area contributed by atoms with Crippen molar-refractivity contribution in [1.82, 2.24) is 9.78 Å². The first-order valence-corrected chi connectivity index (χ1v) is 10.0. The molecule has 0 unspecified atom stereocenters. The lowest BCUT2D eigenvalue weighted by Gasteiger charge is -2.13. The first kappa shape index (κ1) is 21.3. The number of esters is 1. The largest absolute Gasteiger partial charge is 0.455 e. The van der Waals surface area contributed by atoms with E-state index in [4.69, 9.17) is 4.74 Å². The van der Waals surface area contributed by atoms with Gasteiger partial charge in [-0.3, -0.25) is 9.59 Å². The highest BCUT2D eigenvalue weighted by molar-refractivity contribution is 5.94. The van der Waals surface area contributed by atoms with Gasteiger partial charge in [-0.15, -0.1) is 0 Å². The number of nitrogens with one attached hydrogen (secondary N) is 1. The number of ether oxygens (including phenoxy) is 1. The third-order valence-corrected chi connectivity index (χ3v) is 5.13. The molecule has 0 saturated carbocycles. The van der Waals surface area contributed by atoms with Crippen molar-refractivity contribution in [2.24, 2.45) is 0 Å². The molecule has 30 heavy (non-hydrogen) atoms. The summed E-state index contributed by atoms with van der Waals surface area (Å²) in [7, 11) is 0. The number of hydrogen-bond donors (Lipinski definition) is 1. The lowest BCUT2D eigenvalue weighted by Crippen LogP contribution is -2.22. The molecular formula is C24H27N3O3. The number of aryl methyl sites for hydroxylation is 3. The summed E-state index contributed by atoms with van der Waals surface area (Å²) in [6.45, 7) is 7.45. The van der Waals surface area contributed by atoms with Crippen LogP contribution < -0.4 is 5.32 Å². The average Bonchev–Trinajstić information content (AvgIpc) is 3.02. The number of carbonyl (C=O) groups excluding carboxylic acids is 2. The lowest BCUT2D eigenvalue weighted by molar-refractivity contribution is -0.146. The van der Waals surface area contributed by atoms with E-state index in [0.717, 1.165) is 45.9 Å². The molecule has 0 atom stereocenters. The smallest absolute Gasteiger partial charge is 0.310 e. The van der Waals surface area contributed by atoms with E-state index in [1.165, 1.54) is 0 Å². The second-order valence-corrected chi connectivity index (χ2v) is 7.24. The molecule has 0 aliphatic rings. The van der Waals surface area contributed by atoms with Crippen LogP contribution in [0.4, 0.5) is 5.69 Å². The number of amides is 1. The Bertz CT molecular complexity index is 1060. The van der Waals surface area contributed by atoms with Gasteiger partial charge in [-0.05, 0) is 50.5 Å². The Hall–Kier alpha value is -3.41. The Morgan fingerprint density at radius 3 is 2.47 bits per heavy atom. The molecule has 156 valence electrons. The predicted molar refractivity (Wildman–Crippen MR) is 117 cm³/mol. The number of nitrogens with zero attached hydrogens (tertiary/aromatic N) is 2. The number of carbonyl (C=O) groups is 2. The van der Waals surface area contributed by atoms with Crippen molar-refractivity contribution in [3.63, 3.8) is 0 Å². The minimum Gasteiger partial charge on any atom is -0.455 e. The van der Waals surface area contributed by atoms with Crippen molar-refractivity contribution in [2.75, 3.05) is 11.9 Å². The maximum Gasteiger partial charge on any atom is 0.310 e. The molecule has 3 rings (SSSR count). The number of anilines is 1. The van der Waals surface area contributed by atoms with Gasteiger partial charge in [0, 0.05) is 16.9 Å². The van der Waals surface area contributed by atoms with E-state index < -0.39 is 5.97 Å². The SMILES string of the molecule is CCc1cccc(C)c1NC(=O)COC(=O)Cc1c(C)nn(-c2ccccc2)c1C. The van der Waals surface area contributed by atoms with Crippen LogP contribution >= 0.6 is 0 Å². The fourth-order valence-corrected chi connectivity index (χ4v) is 3.47. The minimum atomic E-state index is -0.454. The Labute approximate surface area is 176 Å². The molecule has 1 heterocycles. The van der Waals surface area contributed by atoms with E-state index in [9.17, 15) is 9.59 Å². The van der Waals surface area contributed by atoms with Crippen molar-refractivity contribution >= 4 is 17.6 Å². The Morgan fingerprint density at radius 1 is 1.03 bits per heavy atom. The molecule has 1 aromatic heterocycles. The van der Waals surface area contributed by atoms with E-state index >= 15 is 0 Å². The van der Waals surface area contributed by atoms with Gasteiger partial charge in [-0.2, -0.15) is 5.10 Å². The zero-order valence-electron chi connectivity index (χ0n) is 17.9. The second kappa shape index (κ2) is 9.39. The zero-order valence-corrected chi connectivity index (χ0v) is 17.9. The van der Waals surface area contributed by atoms with E-state index in [1.807, 2.05) is 80.9 Å². The summed E-state index contributed by atoms with van der Waals surface area (Å²) in [4.78, 5) is 24.7. The van der Waals surface area contributed by atoms with Gasteiger partial charge in [0.25, 0.3) is 5.91 Å². The van der Waals surface area contributed by atoms with Crippen LogP contribution in [0.2, 0.25) is 0 Å². The van der Waals surface area contributed by atoms with Crippen LogP contribution in [0, 0.1) is 20.8 Å². The van der Waals surface area contributed by atoms with Crippen LogP contribution in [0.3, 0.4) is 0 Å². The maximum absolute atomic E-state index is 12.4. The summed E-state index contributed by atoms with van der Waals surface area (Å²) in [5.74, 6) is -0.801. The van der Waals surface area contributed by atoms with Gasteiger partial charge in [0.2, 0.25) is 0 Å². The van der Waals surface area contributed by atoms with Gasteiger partial charge in [0.05, 0.1) is 17.8 Å². The highest BCUT2D eigenvalue weighted by Crippen LogP contribution is 2.21. The normalized spacial score (nSPS) is 10.7. The summed E-state index contributed by atoms with van der Waals surface area (Å²) < 4.78 is 7.04. The third-order valence-electron chi connectivity index (χ3n) is 5.13. The molecule has 6 nitrogen and oxygen atoms in total. The summed E-state index contributed by atoms with van der Waals surface area (Å²) in [6.07, 6.45) is 0.878. The number of hydrogen-bond acceptors (Lipinski definition) is 4. The van der Waals surface area contributed by atoms with Gasteiger partial charge >= 0.3 is 5.97 Å². The molecule has 0 fully saturated rings. The van der Waals surface area contributed by atoms with Gasteiger partial charge < -0.3 is 10.1 Å². The Balaban J connectivity index is 1.62. The highest BCUT2D eigenvalue weighted by Gasteiger charge is 2.18. The predicted octanol–water partition coefficient (Wildman–Crippen LogP) is 4.08. The van der Waals surface area contributed by atoms with Crippen molar-refractivity contribution in [3.8, 4) is 5.69 Å². The number of rotatable bonds is 7. The second-order valence-electron chi connectivity index (χ2n) is 7.24. The summed E-state index contributed by atoms with van der Waals surface area (Å²) >= 11 is 0. The van der Waals surface area contributed by atoms with E-state index in [-0.39, 0.29) is 18.9 Å². The molecule has 1 amide bonds. The topological polar surface area (TPSA) is 73.2 Å². The molecule has 0 radical (unpaired) electrons. The lowest BCUT2D eigenvalue weighted by atomic mass is 10.1. The highest BCUT2D eigenvalue weighted by atomic mass is 16.5. The summed E-state index contributed by atoms with van der Waals surface area (Å²) in [5.41, 5.74) is 6.22. The fourth-order valence-electron chi connectivity index (χ4n) is 3.47. The molecular weight excluding hydrogens is 378 g/mol. The van der Waals surface area contributed by atoms with Gasteiger partial charge in [0.15, 0.2) is 6.61 Å². The molecule has 3 aromatic rings. The van der Waals surface area contributed by atoms with Crippen LogP contribution in [0.15, 0.2) is 48.5 Å². The van der Waals surface area contributed by atoms with Crippen LogP contribution in [-0.2, 0) is 27.2 Å². The molecule has 0 aliphatic heterocycles. The monoisotopic (exact) mass is 405 g/mol. The standard InChI is InChI=1S/C24H27N3O3/c1-5-19-11-9-10-16(2)24(19)25-22(28)15-30-23(29)14-21-17(3)26-27(18(21)4)20-12-7-6-8-13-20/h6-13H,5,14-15H2,1-4H3,(H,25,28). The fraction of sp³-hybridized carbons (Fsp3) is 0.292. The first-order chi connectivity index (χ1) is 14.4. The first-order valence-electron chi connectivity index (χ1n) is 10.0. The van der Waals surface area contributed by atoms with E-state index in [1.54, 1.807) is 0 Å². The molecule has 0 saturated heterocycles. The summed E-state index contributed by atoms with van der Waals surface area (Å²) in [5, 5.41) is 7.41. The maximum atomic E-state index is 12.4. The molecule has 1 N–H and O–H groups in total. The van der Waals surface area contributed by atoms with Gasteiger partial charge in [-0.1, -0.05) is 43.3 Å². The molecule has 2 aromatic carbocycles. The number of benzene rings is 2. The van der Waals surface area contributed by atoms with Gasteiger partial charge in [-0.25, -0.2) is 4.68 Å². The van der Waals surface area contributed by atoms with E-state index in [2.05, 4.69) is 10.4 Å². The van der Waals surface area contributed by atoms with Crippen LogP contribution in [0.5, 0.6) is 0 Å². The molecule has 0 aliphatic carbocycles. The molecule has 0 spiro atoms. The van der Waals surface area contributed by atoms with Gasteiger partial charge in [0.1, 0.15) is 0 Å². The Morgan fingerprint density at radius 2 is 1.77 bits per heavy atom.